The molecule has 0 unspecified atom stereocenters. The van der Waals surface area contributed by atoms with Crippen LogP contribution in [0.15, 0.2) is 47.4 Å². The monoisotopic (exact) mass is 393 g/mol. The van der Waals surface area contributed by atoms with Gasteiger partial charge in [-0.1, -0.05) is 30.7 Å². The molecule has 2 aromatic carbocycles. The minimum Gasteiger partial charge on any atom is -0.452 e. The number of halogens is 2. The standard InChI is InChI=1S/C19H17ClFNO3S/c1-12-8-9-22(16-4-2-3-5-17(16)26-12)18(23)11-25-19(24)14-7-6-13(21)10-15(14)20/h2-7,10,12H,8-9,11H2,1H3/t12-/m0/s1. The predicted octanol–water partition coefficient (Wildman–Crippen LogP) is 4.55. The molecule has 0 bridgehead atoms. The van der Waals surface area contributed by atoms with Crippen LogP contribution in [0.4, 0.5) is 10.1 Å². The average Bonchev–Trinajstić information content (AvgIpc) is 2.77. The number of ether oxygens (including phenoxy) is 1. The van der Waals surface area contributed by atoms with E-state index >= 15 is 0 Å². The summed E-state index contributed by atoms with van der Waals surface area (Å²) in [4.78, 5) is 27.4. The topological polar surface area (TPSA) is 46.6 Å². The largest absolute Gasteiger partial charge is 0.452 e. The summed E-state index contributed by atoms with van der Waals surface area (Å²) in [5, 5.41) is 0.335. The second-order valence-electron chi connectivity index (χ2n) is 5.93. The fourth-order valence-corrected chi connectivity index (χ4v) is 4.04. The average molecular weight is 394 g/mol. The Labute approximate surface area is 160 Å². The lowest BCUT2D eigenvalue weighted by molar-refractivity contribution is -0.121. The van der Waals surface area contributed by atoms with Gasteiger partial charge in [-0.25, -0.2) is 9.18 Å². The van der Waals surface area contributed by atoms with Gasteiger partial charge in [0.1, 0.15) is 5.82 Å². The zero-order valence-corrected chi connectivity index (χ0v) is 15.6. The van der Waals surface area contributed by atoms with E-state index in [9.17, 15) is 14.0 Å². The van der Waals surface area contributed by atoms with Crippen molar-refractivity contribution in [2.24, 2.45) is 0 Å². The molecular formula is C19H17ClFNO3S. The number of hydrogen-bond donors (Lipinski definition) is 0. The number of nitrogens with zero attached hydrogens (tertiary/aromatic N) is 1. The third kappa shape index (κ3) is 4.19. The van der Waals surface area contributed by atoms with Gasteiger partial charge in [0.25, 0.3) is 5.91 Å². The Kier molecular flexibility index (Phi) is 5.84. The number of anilines is 1. The number of fused-ring (bicyclic) bond motifs is 1. The molecular weight excluding hydrogens is 377 g/mol. The molecule has 1 amide bonds. The molecule has 0 N–H and O–H groups in total. The lowest BCUT2D eigenvalue weighted by atomic mass is 10.2. The van der Waals surface area contributed by atoms with Gasteiger partial charge in [-0.15, -0.1) is 11.8 Å². The fraction of sp³-hybridized carbons (Fsp3) is 0.263. The van der Waals surface area contributed by atoms with E-state index in [1.54, 1.807) is 16.7 Å². The molecule has 0 saturated carbocycles. The molecule has 1 heterocycles. The molecule has 0 fully saturated rings. The van der Waals surface area contributed by atoms with Gasteiger partial charge < -0.3 is 9.64 Å². The lowest BCUT2D eigenvalue weighted by Gasteiger charge is -2.22. The molecule has 1 aliphatic rings. The molecule has 0 spiro atoms. The van der Waals surface area contributed by atoms with Crippen molar-refractivity contribution in [2.45, 2.75) is 23.5 Å². The van der Waals surface area contributed by atoms with E-state index in [2.05, 4.69) is 6.92 Å². The van der Waals surface area contributed by atoms with Crippen LogP contribution in [0.1, 0.15) is 23.7 Å². The number of benzene rings is 2. The van der Waals surface area contributed by atoms with Crippen molar-refractivity contribution in [3.63, 3.8) is 0 Å². The van der Waals surface area contributed by atoms with Crippen LogP contribution in [0.2, 0.25) is 5.02 Å². The second kappa shape index (κ2) is 8.10. The number of amides is 1. The Hall–Kier alpha value is -2.05. The number of carbonyl (C=O) groups is 2. The first-order chi connectivity index (χ1) is 12.5. The Balaban J connectivity index is 1.71. The highest BCUT2D eigenvalue weighted by Gasteiger charge is 2.25. The molecule has 136 valence electrons. The molecule has 1 aliphatic heterocycles. The number of esters is 1. The van der Waals surface area contributed by atoms with Gasteiger partial charge in [0.15, 0.2) is 6.61 Å². The van der Waals surface area contributed by atoms with Crippen LogP contribution < -0.4 is 4.90 Å². The van der Waals surface area contributed by atoms with Crippen LogP contribution in [0, 0.1) is 5.82 Å². The zero-order chi connectivity index (χ0) is 18.7. The van der Waals surface area contributed by atoms with Crippen LogP contribution >= 0.6 is 23.4 Å². The number of para-hydroxylation sites is 1. The highest BCUT2D eigenvalue weighted by Crippen LogP contribution is 2.37. The summed E-state index contributed by atoms with van der Waals surface area (Å²) in [6.07, 6.45) is 0.836. The first-order valence-electron chi connectivity index (χ1n) is 8.14. The van der Waals surface area contributed by atoms with Gasteiger partial charge in [0, 0.05) is 16.7 Å². The molecule has 3 rings (SSSR count). The van der Waals surface area contributed by atoms with Gasteiger partial charge >= 0.3 is 5.97 Å². The molecule has 2 aromatic rings. The van der Waals surface area contributed by atoms with E-state index in [1.807, 2.05) is 24.3 Å². The van der Waals surface area contributed by atoms with E-state index in [0.717, 1.165) is 29.1 Å². The molecule has 4 nitrogen and oxygen atoms in total. The van der Waals surface area contributed by atoms with Crippen LogP contribution in [0.5, 0.6) is 0 Å². The van der Waals surface area contributed by atoms with E-state index in [1.165, 1.54) is 6.07 Å². The highest BCUT2D eigenvalue weighted by atomic mass is 35.5. The summed E-state index contributed by atoms with van der Waals surface area (Å²) in [6, 6.07) is 11.1. The number of hydrogen-bond acceptors (Lipinski definition) is 4. The van der Waals surface area contributed by atoms with Gasteiger partial charge in [-0.3, -0.25) is 4.79 Å². The smallest absolute Gasteiger partial charge is 0.340 e. The third-order valence-electron chi connectivity index (χ3n) is 4.02. The summed E-state index contributed by atoms with van der Waals surface area (Å²) in [7, 11) is 0. The maximum absolute atomic E-state index is 13.1. The van der Waals surface area contributed by atoms with E-state index in [-0.39, 0.29) is 16.5 Å². The van der Waals surface area contributed by atoms with Gasteiger partial charge in [0.2, 0.25) is 0 Å². The molecule has 1 atom stereocenters. The molecule has 0 saturated heterocycles. The van der Waals surface area contributed by atoms with Crippen LogP contribution in [0.3, 0.4) is 0 Å². The number of rotatable bonds is 3. The van der Waals surface area contributed by atoms with Gasteiger partial charge in [-0.05, 0) is 36.8 Å². The van der Waals surface area contributed by atoms with E-state index < -0.39 is 18.4 Å². The summed E-state index contributed by atoms with van der Waals surface area (Å²) in [6.45, 7) is 2.27. The summed E-state index contributed by atoms with van der Waals surface area (Å²) in [5.74, 6) is -1.61. The number of carbonyl (C=O) groups excluding carboxylic acids is 2. The van der Waals surface area contributed by atoms with Crippen molar-refractivity contribution in [1.29, 1.82) is 0 Å². The van der Waals surface area contributed by atoms with Gasteiger partial charge in [-0.2, -0.15) is 0 Å². The Morgan fingerprint density at radius 1 is 1.31 bits per heavy atom. The normalized spacial score (nSPS) is 16.6. The summed E-state index contributed by atoms with van der Waals surface area (Å²) >= 11 is 7.58. The van der Waals surface area contributed by atoms with E-state index in [0.29, 0.717) is 11.8 Å². The van der Waals surface area contributed by atoms with Crippen molar-refractivity contribution >= 4 is 40.9 Å². The van der Waals surface area contributed by atoms with Crippen molar-refractivity contribution in [3.8, 4) is 0 Å². The molecule has 0 radical (unpaired) electrons. The van der Waals surface area contributed by atoms with Gasteiger partial charge in [0.05, 0.1) is 16.3 Å². The van der Waals surface area contributed by atoms with Crippen LogP contribution in [-0.4, -0.2) is 30.3 Å². The summed E-state index contributed by atoms with van der Waals surface area (Å²) < 4.78 is 18.2. The Morgan fingerprint density at radius 2 is 2.08 bits per heavy atom. The zero-order valence-electron chi connectivity index (χ0n) is 14.1. The summed E-state index contributed by atoms with van der Waals surface area (Å²) in [5.41, 5.74) is 0.851. The van der Waals surface area contributed by atoms with Crippen molar-refractivity contribution in [3.05, 3.63) is 58.9 Å². The van der Waals surface area contributed by atoms with Crippen LogP contribution in [-0.2, 0) is 9.53 Å². The maximum Gasteiger partial charge on any atom is 0.340 e. The quantitative estimate of drug-likeness (QED) is 0.717. The van der Waals surface area contributed by atoms with Crippen molar-refractivity contribution in [2.75, 3.05) is 18.1 Å². The van der Waals surface area contributed by atoms with E-state index in [4.69, 9.17) is 16.3 Å². The van der Waals surface area contributed by atoms with Crippen molar-refractivity contribution < 1.29 is 18.7 Å². The molecule has 0 aliphatic carbocycles. The van der Waals surface area contributed by atoms with Crippen molar-refractivity contribution in [1.82, 2.24) is 0 Å². The number of thioether (sulfide) groups is 1. The first kappa shape index (κ1) is 18.7. The predicted molar refractivity (Wildman–Crippen MR) is 100 cm³/mol. The Bertz CT molecular complexity index is 845. The maximum atomic E-state index is 13.1. The minimum atomic E-state index is -0.755. The fourth-order valence-electron chi connectivity index (χ4n) is 2.68. The lowest BCUT2D eigenvalue weighted by Crippen LogP contribution is -2.35. The first-order valence-corrected chi connectivity index (χ1v) is 9.39. The highest BCUT2D eigenvalue weighted by molar-refractivity contribution is 8.00. The molecule has 26 heavy (non-hydrogen) atoms. The Morgan fingerprint density at radius 3 is 2.85 bits per heavy atom. The third-order valence-corrected chi connectivity index (χ3v) is 5.57. The van der Waals surface area contributed by atoms with Crippen LogP contribution in [0.25, 0.3) is 0 Å². The molecule has 7 heteroatoms. The minimum absolute atomic E-state index is 0.0290. The SMILES string of the molecule is C[C@H]1CCN(C(=O)COC(=O)c2ccc(F)cc2Cl)c2ccccc2S1. The molecule has 0 aromatic heterocycles. The second-order valence-corrected chi connectivity index (χ2v) is 7.82.